The lowest BCUT2D eigenvalue weighted by molar-refractivity contribution is -0.274. The minimum Gasteiger partial charge on any atom is -0.406 e. The van der Waals surface area contributed by atoms with Crippen molar-refractivity contribution in [3.05, 3.63) is 53.3 Å². The van der Waals surface area contributed by atoms with E-state index in [0.29, 0.717) is 30.7 Å². The fourth-order valence-corrected chi connectivity index (χ4v) is 5.34. The number of anilines is 1. The normalized spacial score (nSPS) is 19.6. The number of hydrogen-bond acceptors (Lipinski definition) is 6. The fourth-order valence-electron chi connectivity index (χ4n) is 5.34. The third-order valence-electron chi connectivity index (χ3n) is 7.21. The molecule has 4 rings (SSSR count). The average molecular weight is 520 g/mol. The Morgan fingerprint density at radius 1 is 1.05 bits per heavy atom. The highest BCUT2D eigenvalue weighted by Crippen LogP contribution is 2.28. The van der Waals surface area contributed by atoms with E-state index in [1.54, 1.807) is 11.0 Å². The Bertz CT molecular complexity index is 1120. The molecule has 0 unspecified atom stereocenters. The predicted molar refractivity (Wildman–Crippen MR) is 133 cm³/mol. The smallest absolute Gasteiger partial charge is 0.406 e. The van der Waals surface area contributed by atoms with Crippen LogP contribution in [0.1, 0.15) is 52.7 Å². The van der Waals surface area contributed by atoms with Crippen molar-refractivity contribution >= 4 is 17.5 Å². The molecule has 37 heavy (non-hydrogen) atoms. The Morgan fingerprint density at radius 2 is 1.73 bits per heavy atom. The number of rotatable bonds is 6. The van der Waals surface area contributed by atoms with Crippen LogP contribution >= 0.6 is 0 Å². The fraction of sp³-hybridized carbons (Fsp3) is 0.500. The molecule has 200 valence electrons. The number of carbonyl (C=O) groups excluding carboxylic acids is 2. The van der Waals surface area contributed by atoms with Crippen LogP contribution < -0.4 is 15.4 Å². The Balaban J connectivity index is 1.33. The third kappa shape index (κ3) is 6.33. The molecular formula is C26H32F3N5O3. The van der Waals surface area contributed by atoms with Gasteiger partial charge >= 0.3 is 6.36 Å². The van der Waals surface area contributed by atoms with Crippen molar-refractivity contribution in [1.29, 1.82) is 0 Å². The Kier molecular flexibility index (Phi) is 7.91. The Hall–Kier alpha value is -3.34. The van der Waals surface area contributed by atoms with Gasteiger partial charge in [0.15, 0.2) is 0 Å². The SMILES string of the molecule is CC[C@H]1CN(c2ccc(C(N)=O)nc2C)CCN1C1CCN(C(=O)c2ccc(OC(F)(F)F)cc2)CC1. The number of aryl methyl sites for hydroxylation is 1. The first-order valence-electron chi connectivity index (χ1n) is 12.5. The maximum absolute atomic E-state index is 12.9. The molecule has 0 saturated carbocycles. The number of aromatic nitrogens is 1. The van der Waals surface area contributed by atoms with E-state index in [9.17, 15) is 22.8 Å². The second-order valence-electron chi connectivity index (χ2n) is 9.51. The van der Waals surface area contributed by atoms with Crippen LogP contribution in [0, 0.1) is 6.92 Å². The van der Waals surface area contributed by atoms with Gasteiger partial charge in [-0.3, -0.25) is 14.5 Å². The average Bonchev–Trinajstić information content (AvgIpc) is 2.87. The van der Waals surface area contributed by atoms with E-state index < -0.39 is 12.3 Å². The minimum absolute atomic E-state index is 0.184. The van der Waals surface area contributed by atoms with Gasteiger partial charge in [-0.05, 0) is 62.6 Å². The third-order valence-corrected chi connectivity index (χ3v) is 7.21. The van der Waals surface area contributed by atoms with E-state index in [0.717, 1.165) is 62.4 Å². The molecule has 1 atom stereocenters. The lowest BCUT2D eigenvalue weighted by Crippen LogP contribution is -2.58. The molecule has 0 bridgehead atoms. The van der Waals surface area contributed by atoms with E-state index in [1.807, 2.05) is 13.0 Å². The summed E-state index contributed by atoms with van der Waals surface area (Å²) in [6.07, 6.45) is -2.11. The van der Waals surface area contributed by atoms with Crippen LogP contribution in [0.15, 0.2) is 36.4 Å². The van der Waals surface area contributed by atoms with Gasteiger partial charge in [0.25, 0.3) is 11.8 Å². The van der Waals surface area contributed by atoms with Gasteiger partial charge in [0.05, 0.1) is 11.4 Å². The number of benzene rings is 1. The standard InChI is InChI=1S/C26H32F3N5O3/c1-3-19-16-33(23-9-8-22(24(30)35)31-17(23)2)14-15-34(19)20-10-12-32(13-11-20)25(36)18-4-6-21(7-5-18)37-26(27,28)29/h4-9,19-20H,3,10-16H2,1-2H3,(H2,30,35)/t19-/m0/s1. The molecule has 3 heterocycles. The van der Waals surface area contributed by atoms with Crippen LogP contribution in [-0.2, 0) is 0 Å². The summed E-state index contributed by atoms with van der Waals surface area (Å²) in [4.78, 5) is 35.3. The van der Waals surface area contributed by atoms with Crippen LogP contribution in [-0.4, -0.2) is 77.8 Å². The van der Waals surface area contributed by atoms with Crippen LogP contribution in [0.4, 0.5) is 18.9 Å². The van der Waals surface area contributed by atoms with Crippen LogP contribution in [0.3, 0.4) is 0 Å². The van der Waals surface area contributed by atoms with Crippen LogP contribution in [0.25, 0.3) is 0 Å². The van der Waals surface area contributed by atoms with E-state index in [1.165, 1.54) is 12.1 Å². The molecule has 0 spiro atoms. The van der Waals surface area contributed by atoms with Gasteiger partial charge in [0.1, 0.15) is 11.4 Å². The molecule has 0 aliphatic carbocycles. The number of carbonyl (C=O) groups is 2. The Morgan fingerprint density at radius 3 is 2.30 bits per heavy atom. The molecule has 1 aromatic carbocycles. The second-order valence-corrected chi connectivity index (χ2v) is 9.51. The number of alkyl halides is 3. The summed E-state index contributed by atoms with van der Waals surface area (Å²) in [6, 6.07) is 9.35. The number of halogens is 3. The predicted octanol–water partition coefficient (Wildman–Crippen LogP) is 3.59. The van der Waals surface area contributed by atoms with E-state index in [-0.39, 0.29) is 17.4 Å². The van der Waals surface area contributed by atoms with Crippen LogP contribution in [0.5, 0.6) is 5.75 Å². The van der Waals surface area contributed by atoms with Crippen molar-refractivity contribution in [2.24, 2.45) is 5.73 Å². The first-order chi connectivity index (χ1) is 17.6. The Labute approximate surface area is 214 Å². The van der Waals surface area contributed by atoms with Gasteiger partial charge in [-0.25, -0.2) is 4.98 Å². The summed E-state index contributed by atoms with van der Waals surface area (Å²) in [6.45, 7) is 7.82. The summed E-state index contributed by atoms with van der Waals surface area (Å²) in [7, 11) is 0. The highest BCUT2D eigenvalue weighted by Gasteiger charge is 2.35. The van der Waals surface area contributed by atoms with Crippen molar-refractivity contribution in [1.82, 2.24) is 14.8 Å². The zero-order valence-electron chi connectivity index (χ0n) is 21.0. The zero-order valence-corrected chi connectivity index (χ0v) is 21.0. The number of piperazine rings is 1. The number of nitrogens with zero attached hydrogens (tertiary/aromatic N) is 4. The molecule has 2 N–H and O–H groups in total. The number of hydrogen-bond donors (Lipinski definition) is 1. The van der Waals surface area contributed by atoms with Crippen molar-refractivity contribution < 1.29 is 27.5 Å². The van der Waals surface area contributed by atoms with Gasteiger partial charge in [-0.15, -0.1) is 13.2 Å². The summed E-state index contributed by atoms with van der Waals surface area (Å²) in [5.74, 6) is -1.07. The van der Waals surface area contributed by atoms with Gasteiger partial charge in [0, 0.05) is 50.4 Å². The molecular weight excluding hydrogens is 487 g/mol. The zero-order chi connectivity index (χ0) is 26.7. The number of likely N-dealkylation sites (tertiary alicyclic amines) is 1. The molecule has 2 amide bonds. The van der Waals surface area contributed by atoms with E-state index >= 15 is 0 Å². The largest absolute Gasteiger partial charge is 0.573 e. The van der Waals surface area contributed by atoms with Gasteiger partial charge < -0.3 is 20.3 Å². The highest BCUT2D eigenvalue weighted by atomic mass is 19.4. The molecule has 2 saturated heterocycles. The quantitative estimate of drug-likeness (QED) is 0.627. The maximum Gasteiger partial charge on any atom is 0.573 e. The minimum atomic E-state index is -4.76. The first-order valence-corrected chi connectivity index (χ1v) is 12.5. The maximum atomic E-state index is 12.9. The number of piperidine rings is 1. The number of pyridine rings is 1. The molecule has 11 heteroatoms. The second kappa shape index (κ2) is 11.0. The molecule has 1 aromatic heterocycles. The van der Waals surface area contributed by atoms with E-state index in [2.05, 4.69) is 26.4 Å². The number of primary amides is 1. The van der Waals surface area contributed by atoms with Crippen molar-refractivity contribution in [2.75, 3.05) is 37.6 Å². The van der Waals surface area contributed by atoms with Crippen molar-refractivity contribution in [3.8, 4) is 5.75 Å². The van der Waals surface area contributed by atoms with Gasteiger partial charge in [0.2, 0.25) is 0 Å². The molecule has 0 radical (unpaired) electrons. The summed E-state index contributed by atoms with van der Waals surface area (Å²) in [5.41, 5.74) is 7.76. The molecule has 2 aromatic rings. The molecule has 8 nitrogen and oxygen atoms in total. The topological polar surface area (TPSA) is 92.0 Å². The summed E-state index contributed by atoms with van der Waals surface area (Å²) >= 11 is 0. The molecule has 2 aliphatic heterocycles. The highest BCUT2D eigenvalue weighted by molar-refractivity contribution is 5.94. The van der Waals surface area contributed by atoms with E-state index in [4.69, 9.17) is 5.73 Å². The van der Waals surface area contributed by atoms with Crippen molar-refractivity contribution in [3.63, 3.8) is 0 Å². The first kappa shape index (κ1) is 26.7. The number of nitrogens with two attached hydrogens (primary N) is 1. The van der Waals surface area contributed by atoms with Gasteiger partial charge in [-0.1, -0.05) is 6.92 Å². The number of amides is 2. The lowest BCUT2D eigenvalue weighted by Gasteiger charge is -2.48. The van der Waals surface area contributed by atoms with Crippen LogP contribution in [0.2, 0.25) is 0 Å². The number of ether oxygens (including phenoxy) is 1. The van der Waals surface area contributed by atoms with Crippen molar-refractivity contribution in [2.45, 2.75) is 51.6 Å². The monoisotopic (exact) mass is 519 g/mol. The summed E-state index contributed by atoms with van der Waals surface area (Å²) < 4.78 is 41.0. The summed E-state index contributed by atoms with van der Waals surface area (Å²) in [5, 5.41) is 0. The lowest BCUT2D eigenvalue weighted by atomic mass is 9.97. The van der Waals surface area contributed by atoms with Gasteiger partial charge in [-0.2, -0.15) is 0 Å². The molecule has 2 aliphatic rings. The molecule has 2 fully saturated rings.